The van der Waals surface area contributed by atoms with Crippen LogP contribution in [0.25, 0.3) is 0 Å². The Kier molecular flexibility index (Phi) is 4.54. The van der Waals surface area contributed by atoms with Crippen LogP contribution in [0, 0.1) is 17.7 Å². The predicted molar refractivity (Wildman–Crippen MR) is 96.0 cm³/mol. The zero-order chi connectivity index (χ0) is 18.9. The van der Waals surface area contributed by atoms with Crippen molar-refractivity contribution in [2.24, 2.45) is 0 Å². The van der Waals surface area contributed by atoms with Crippen molar-refractivity contribution >= 4 is 6.09 Å². The van der Waals surface area contributed by atoms with Crippen molar-refractivity contribution in [1.29, 1.82) is 0 Å². The van der Waals surface area contributed by atoms with Crippen molar-refractivity contribution in [2.75, 3.05) is 0 Å². The molecule has 1 aromatic carbocycles. The van der Waals surface area contributed by atoms with Crippen LogP contribution < -0.4 is 5.32 Å². The summed E-state index contributed by atoms with van der Waals surface area (Å²) in [5.41, 5.74) is 0.993. The molecule has 1 aliphatic heterocycles. The Hall–Kier alpha value is -2.91. The van der Waals surface area contributed by atoms with Crippen LogP contribution in [0.15, 0.2) is 42.7 Å². The van der Waals surface area contributed by atoms with Crippen molar-refractivity contribution in [3.8, 4) is 11.8 Å². The smallest absolute Gasteiger partial charge is 0.408 e. The number of aromatic nitrogens is 1. The number of benzene rings is 1. The number of ether oxygens (including phenoxy) is 1. The van der Waals surface area contributed by atoms with Gasteiger partial charge in [0, 0.05) is 18.0 Å². The van der Waals surface area contributed by atoms with Gasteiger partial charge in [-0.05, 0) is 55.0 Å². The molecule has 2 aromatic rings. The zero-order valence-electron chi connectivity index (χ0n) is 14.6. The third-order valence-corrected chi connectivity index (χ3v) is 4.98. The first kappa shape index (κ1) is 17.5. The molecule has 1 aliphatic carbocycles. The van der Waals surface area contributed by atoms with Crippen molar-refractivity contribution in [3.05, 3.63) is 65.2 Å². The molecule has 138 valence electrons. The number of nitrogens with one attached hydrogen (secondary N) is 1. The number of hydrogen-bond donors (Lipinski definition) is 2. The SMILES string of the molecule is O=C1N[C@H](c2cncc(C#CC3(O)CCCC3)c2)[C@@H](c2cccc(F)c2)O1. The summed E-state index contributed by atoms with van der Waals surface area (Å²) < 4.78 is 18.9. The molecule has 2 heterocycles. The van der Waals surface area contributed by atoms with Gasteiger partial charge < -0.3 is 15.2 Å². The molecule has 6 heteroatoms. The number of halogens is 1. The highest BCUT2D eigenvalue weighted by molar-refractivity contribution is 5.71. The lowest BCUT2D eigenvalue weighted by Gasteiger charge is -2.17. The number of cyclic esters (lactones) is 1. The predicted octanol–water partition coefficient (Wildman–Crippen LogP) is 3.40. The van der Waals surface area contributed by atoms with Crippen molar-refractivity contribution < 1.29 is 19.0 Å². The van der Waals surface area contributed by atoms with Gasteiger partial charge in [-0.3, -0.25) is 4.98 Å². The monoisotopic (exact) mass is 366 g/mol. The first-order valence-electron chi connectivity index (χ1n) is 8.96. The van der Waals surface area contributed by atoms with E-state index in [9.17, 15) is 14.3 Å². The standard InChI is InChI=1S/C21H19FN2O3/c22-17-5-3-4-15(11-17)19-18(24-20(25)27-19)16-10-14(12-23-13-16)6-9-21(26)7-1-2-8-21/h3-5,10-13,18-19,26H,1-2,7-8H2,(H,24,25)/t18-,19-/m1/s1. The van der Waals surface area contributed by atoms with Crippen LogP contribution in [0.2, 0.25) is 0 Å². The van der Waals surface area contributed by atoms with E-state index in [4.69, 9.17) is 4.74 Å². The molecule has 1 amide bonds. The van der Waals surface area contributed by atoms with Crippen molar-refractivity contribution in [2.45, 2.75) is 43.4 Å². The Balaban J connectivity index is 1.62. The van der Waals surface area contributed by atoms with Crippen LogP contribution in [0.3, 0.4) is 0 Å². The normalized spacial score (nSPS) is 23.3. The largest absolute Gasteiger partial charge is 0.439 e. The fraction of sp³-hybridized carbons (Fsp3) is 0.333. The maximum atomic E-state index is 13.6. The minimum Gasteiger partial charge on any atom is -0.439 e. The molecule has 2 fully saturated rings. The molecular formula is C21H19FN2O3. The summed E-state index contributed by atoms with van der Waals surface area (Å²) in [6.07, 6.45) is 5.34. The van der Waals surface area contributed by atoms with Crippen molar-refractivity contribution in [3.63, 3.8) is 0 Å². The summed E-state index contributed by atoms with van der Waals surface area (Å²) in [7, 11) is 0. The van der Waals surface area contributed by atoms with E-state index in [1.54, 1.807) is 24.5 Å². The highest BCUT2D eigenvalue weighted by Gasteiger charge is 2.37. The molecule has 27 heavy (non-hydrogen) atoms. The molecule has 0 spiro atoms. The third kappa shape index (κ3) is 3.79. The molecule has 2 atom stereocenters. The Morgan fingerprint density at radius 1 is 1.22 bits per heavy atom. The minimum atomic E-state index is -0.926. The van der Waals surface area contributed by atoms with Crippen LogP contribution in [0.4, 0.5) is 9.18 Å². The molecule has 2 aliphatic rings. The molecule has 0 radical (unpaired) electrons. The quantitative estimate of drug-likeness (QED) is 0.799. The second-order valence-electron chi connectivity index (χ2n) is 7.00. The van der Waals surface area contributed by atoms with Crippen LogP contribution in [0.5, 0.6) is 0 Å². The first-order chi connectivity index (χ1) is 13.0. The summed E-state index contributed by atoms with van der Waals surface area (Å²) in [5, 5.41) is 13.1. The Labute approximate surface area is 156 Å². The number of hydrogen-bond acceptors (Lipinski definition) is 4. The summed E-state index contributed by atoms with van der Waals surface area (Å²) in [6, 6.07) is 7.30. The summed E-state index contributed by atoms with van der Waals surface area (Å²) in [4.78, 5) is 16.0. The van der Waals surface area contributed by atoms with Crippen LogP contribution in [0.1, 0.15) is 54.5 Å². The van der Waals surface area contributed by atoms with E-state index in [-0.39, 0.29) is 0 Å². The molecule has 0 unspecified atom stereocenters. The maximum Gasteiger partial charge on any atom is 0.408 e. The van der Waals surface area contributed by atoms with Gasteiger partial charge in [-0.25, -0.2) is 9.18 Å². The van der Waals surface area contributed by atoms with Gasteiger partial charge in [0.25, 0.3) is 0 Å². The number of pyridine rings is 1. The van der Waals surface area contributed by atoms with E-state index < -0.39 is 29.7 Å². The summed E-state index contributed by atoms with van der Waals surface area (Å²) in [6.45, 7) is 0. The third-order valence-electron chi connectivity index (χ3n) is 4.98. The van der Waals surface area contributed by atoms with Gasteiger partial charge in [0.05, 0.1) is 0 Å². The van der Waals surface area contributed by atoms with Gasteiger partial charge in [0.15, 0.2) is 6.10 Å². The van der Waals surface area contributed by atoms with E-state index in [1.165, 1.54) is 12.1 Å². The Morgan fingerprint density at radius 3 is 2.81 bits per heavy atom. The van der Waals surface area contributed by atoms with Gasteiger partial charge in [-0.15, -0.1) is 0 Å². The van der Waals surface area contributed by atoms with Gasteiger partial charge >= 0.3 is 6.09 Å². The lowest BCUT2D eigenvalue weighted by Crippen LogP contribution is -2.21. The molecule has 5 nitrogen and oxygen atoms in total. The molecule has 0 bridgehead atoms. The molecule has 4 rings (SSSR count). The van der Waals surface area contributed by atoms with Crippen LogP contribution in [-0.4, -0.2) is 21.8 Å². The fourth-order valence-corrected chi connectivity index (χ4v) is 3.59. The molecule has 1 aromatic heterocycles. The molecule has 1 saturated heterocycles. The number of amides is 1. The minimum absolute atomic E-state index is 0.392. The number of nitrogens with zero attached hydrogens (tertiary/aromatic N) is 1. The molecular weight excluding hydrogens is 347 g/mol. The van der Waals surface area contributed by atoms with E-state index in [2.05, 4.69) is 22.1 Å². The number of carbonyl (C=O) groups is 1. The average Bonchev–Trinajstić information content (AvgIpc) is 3.27. The second kappa shape index (κ2) is 7.01. The first-order valence-corrected chi connectivity index (χ1v) is 8.96. The molecule has 2 N–H and O–H groups in total. The van der Waals surface area contributed by atoms with E-state index >= 15 is 0 Å². The Bertz CT molecular complexity index is 928. The lowest BCUT2D eigenvalue weighted by molar-refractivity contribution is 0.110. The van der Waals surface area contributed by atoms with Gasteiger partial charge in [-0.2, -0.15) is 0 Å². The van der Waals surface area contributed by atoms with E-state index in [0.29, 0.717) is 29.5 Å². The van der Waals surface area contributed by atoms with Gasteiger partial charge in [0.2, 0.25) is 0 Å². The van der Waals surface area contributed by atoms with E-state index in [0.717, 1.165) is 12.8 Å². The highest BCUT2D eigenvalue weighted by Crippen LogP contribution is 2.36. The van der Waals surface area contributed by atoms with E-state index in [1.807, 2.05) is 6.07 Å². The fourth-order valence-electron chi connectivity index (χ4n) is 3.59. The van der Waals surface area contributed by atoms with Gasteiger partial charge in [0.1, 0.15) is 17.5 Å². The maximum absolute atomic E-state index is 13.6. The zero-order valence-corrected chi connectivity index (χ0v) is 14.6. The lowest BCUT2D eigenvalue weighted by atomic mass is 9.96. The van der Waals surface area contributed by atoms with Crippen LogP contribution >= 0.6 is 0 Å². The topological polar surface area (TPSA) is 71.5 Å². The Morgan fingerprint density at radius 2 is 2.04 bits per heavy atom. The van der Waals surface area contributed by atoms with Gasteiger partial charge in [-0.1, -0.05) is 24.0 Å². The summed E-state index contributed by atoms with van der Waals surface area (Å²) >= 11 is 0. The highest BCUT2D eigenvalue weighted by atomic mass is 19.1. The molecule has 1 saturated carbocycles. The van der Waals surface area contributed by atoms with Crippen LogP contribution in [-0.2, 0) is 4.74 Å². The van der Waals surface area contributed by atoms with Crippen molar-refractivity contribution in [1.82, 2.24) is 10.3 Å². The number of aliphatic hydroxyl groups is 1. The second-order valence-corrected chi connectivity index (χ2v) is 7.00. The number of carbonyl (C=O) groups excluding carboxylic acids is 1. The number of alkyl carbamates (subject to hydrolysis) is 1. The average molecular weight is 366 g/mol. The summed E-state index contributed by atoms with van der Waals surface area (Å²) in [5.74, 6) is 5.55. The number of rotatable bonds is 2.